The van der Waals surface area contributed by atoms with Crippen LogP contribution in [0, 0.1) is 5.82 Å². The van der Waals surface area contributed by atoms with E-state index in [0.29, 0.717) is 0 Å². The number of nitrogens with zero attached hydrogens (tertiary/aromatic N) is 1. The number of hydrogen-bond acceptors (Lipinski definition) is 4. The first-order chi connectivity index (χ1) is 9.86. The summed E-state index contributed by atoms with van der Waals surface area (Å²) < 4.78 is 51.9. The lowest BCUT2D eigenvalue weighted by Crippen LogP contribution is -2.42. The smallest absolute Gasteiger partial charge is 0.246 e. The number of halogens is 2. The average Bonchev–Trinajstić information content (AvgIpc) is 2.43. The molecule has 1 N–H and O–H groups in total. The van der Waals surface area contributed by atoms with Crippen molar-refractivity contribution in [2.45, 2.75) is 11.4 Å². The zero-order valence-electron chi connectivity index (χ0n) is 11.4. The molecule has 0 aromatic heterocycles. The third-order valence-corrected chi connectivity index (χ3v) is 6.59. The first-order valence-corrected chi connectivity index (χ1v) is 9.64. The SMILES string of the molecule is CNCc1cc(Cl)cc(S(=O)(=O)N2CCS(=O)CC2)c1F. The van der Waals surface area contributed by atoms with Gasteiger partial charge in [-0.05, 0) is 19.2 Å². The van der Waals surface area contributed by atoms with Crippen molar-refractivity contribution in [1.29, 1.82) is 0 Å². The largest absolute Gasteiger partial charge is 0.316 e. The Labute approximate surface area is 131 Å². The second kappa shape index (κ2) is 6.70. The van der Waals surface area contributed by atoms with Crippen LogP contribution in [0.2, 0.25) is 5.02 Å². The number of rotatable bonds is 4. The fourth-order valence-electron chi connectivity index (χ4n) is 2.13. The van der Waals surface area contributed by atoms with E-state index in [9.17, 15) is 17.0 Å². The molecular formula is C12H16ClFN2O3S2. The highest BCUT2D eigenvalue weighted by atomic mass is 35.5. The molecule has 5 nitrogen and oxygen atoms in total. The first-order valence-electron chi connectivity index (χ1n) is 6.34. The molecule has 1 aromatic carbocycles. The molecule has 0 bridgehead atoms. The molecule has 0 radical (unpaired) electrons. The van der Waals surface area contributed by atoms with Crippen LogP contribution in [0.5, 0.6) is 0 Å². The monoisotopic (exact) mass is 354 g/mol. The highest BCUT2D eigenvalue weighted by Gasteiger charge is 2.31. The molecule has 0 atom stereocenters. The van der Waals surface area contributed by atoms with Crippen LogP contribution in [0.1, 0.15) is 5.56 Å². The van der Waals surface area contributed by atoms with E-state index in [1.807, 2.05) is 0 Å². The third-order valence-electron chi connectivity index (χ3n) is 3.20. The van der Waals surface area contributed by atoms with E-state index in [-0.39, 0.29) is 41.7 Å². The lowest BCUT2D eigenvalue weighted by molar-refractivity contribution is 0.433. The minimum absolute atomic E-state index is 0.127. The quantitative estimate of drug-likeness (QED) is 0.874. The van der Waals surface area contributed by atoms with Crippen molar-refractivity contribution in [2.24, 2.45) is 0 Å². The van der Waals surface area contributed by atoms with E-state index >= 15 is 0 Å². The summed E-state index contributed by atoms with van der Waals surface area (Å²) in [5.74, 6) is -0.254. The van der Waals surface area contributed by atoms with E-state index in [1.165, 1.54) is 6.07 Å². The summed E-state index contributed by atoms with van der Waals surface area (Å²) >= 11 is 5.90. The summed E-state index contributed by atoms with van der Waals surface area (Å²) in [6.45, 7) is 0.434. The molecular weight excluding hydrogens is 339 g/mol. The van der Waals surface area contributed by atoms with Gasteiger partial charge in [-0.3, -0.25) is 4.21 Å². The van der Waals surface area contributed by atoms with E-state index in [1.54, 1.807) is 7.05 Å². The number of nitrogens with one attached hydrogen (secondary N) is 1. The zero-order valence-corrected chi connectivity index (χ0v) is 13.8. The summed E-state index contributed by atoms with van der Waals surface area (Å²) in [5, 5.41) is 2.94. The molecule has 21 heavy (non-hydrogen) atoms. The van der Waals surface area contributed by atoms with E-state index in [0.717, 1.165) is 10.4 Å². The van der Waals surface area contributed by atoms with Gasteiger partial charge in [0.15, 0.2) is 0 Å². The topological polar surface area (TPSA) is 66.5 Å². The Morgan fingerprint density at radius 3 is 2.57 bits per heavy atom. The van der Waals surface area contributed by atoms with Crippen molar-refractivity contribution in [3.63, 3.8) is 0 Å². The van der Waals surface area contributed by atoms with Gasteiger partial charge in [-0.15, -0.1) is 0 Å². The van der Waals surface area contributed by atoms with Crippen LogP contribution < -0.4 is 5.32 Å². The van der Waals surface area contributed by atoms with E-state index < -0.39 is 31.5 Å². The maximum absolute atomic E-state index is 14.4. The normalized spacial score (nSPS) is 18.0. The Hall–Kier alpha value is -0.540. The van der Waals surface area contributed by atoms with Crippen molar-refractivity contribution >= 4 is 32.4 Å². The average molecular weight is 355 g/mol. The van der Waals surface area contributed by atoms with Crippen LogP contribution in [-0.4, -0.2) is 48.6 Å². The lowest BCUT2D eigenvalue weighted by atomic mass is 10.2. The molecule has 9 heteroatoms. The minimum Gasteiger partial charge on any atom is -0.316 e. The summed E-state index contributed by atoms with van der Waals surface area (Å²) in [6, 6.07) is 2.52. The Morgan fingerprint density at radius 2 is 2.00 bits per heavy atom. The molecule has 118 valence electrons. The van der Waals surface area contributed by atoms with Crippen molar-refractivity contribution in [3.8, 4) is 0 Å². The van der Waals surface area contributed by atoms with Gasteiger partial charge in [-0.1, -0.05) is 11.6 Å². The fourth-order valence-corrected chi connectivity index (χ4v) is 5.29. The van der Waals surface area contributed by atoms with Gasteiger partial charge in [0.05, 0.1) is 0 Å². The lowest BCUT2D eigenvalue weighted by Gasteiger charge is -2.26. The molecule has 2 rings (SSSR count). The summed E-state index contributed by atoms with van der Waals surface area (Å²) in [4.78, 5) is -0.423. The van der Waals surface area contributed by atoms with Crippen molar-refractivity contribution in [2.75, 3.05) is 31.6 Å². The second-order valence-electron chi connectivity index (χ2n) is 4.66. The Kier molecular flexibility index (Phi) is 5.37. The van der Waals surface area contributed by atoms with Gasteiger partial charge in [0.2, 0.25) is 10.0 Å². The van der Waals surface area contributed by atoms with Crippen molar-refractivity contribution < 1.29 is 17.0 Å². The molecule has 0 saturated carbocycles. The number of sulfonamides is 1. The molecule has 1 heterocycles. The van der Waals surface area contributed by atoms with Gasteiger partial charge >= 0.3 is 0 Å². The molecule has 1 saturated heterocycles. The van der Waals surface area contributed by atoms with Crippen LogP contribution in [-0.2, 0) is 27.4 Å². The molecule has 0 amide bonds. The summed E-state index contributed by atoms with van der Waals surface area (Å²) in [6.07, 6.45) is 0. The maximum Gasteiger partial charge on any atom is 0.246 e. The maximum atomic E-state index is 14.4. The van der Waals surface area contributed by atoms with Crippen LogP contribution in [0.3, 0.4) is 0 Å². The second-order valence-corrected chi connectivity index (χ2v) is 8.70. The molecule has 0 unspecified atom stereocenters. The summed E-state index contributed by atoms with van der Waals surface area (Å²) in [7, 11) is -3.34. The van der Waals surface area contributed by atoms with Gasteiger partial charge in [0.1, 0.15) is 10.7 Å². The summed E-state index contributed by atoms with van der Waals surface area (Å²) in [5.41, 5.74) is 0.198. The van der Waals surface area contributed by atoms with Crippen LogP contribution in [0.25, 0.3) is 0 Å². The van der Waals surface area contributed by atoms with Crippen molar-refractivity contribution in [1.82, 2.24) is 9.62 Å². The number of benzene rings is 1. The van der Waals surface area contributed by atoms with Gasteiger partial charge in [-0.2, -0.15) is 4.31 Å². The van der Waals surface area contributed by atoms with E-state index in [2.05, 4.69) is 5.32 Å². The molecule has 0 aliphatic carbocycles. The first kappa shape index (κ1) is 16.8. The fraction of sp³-hybridized carbons (Fsp3) is 0.500. The molecule has 0 spiro atoms. The Balaban J connectivity index is 2.42. The third kappa shape index (κ3) is 3.62. The van der Waals surface area contributed by atoms with Crippen LogP contribution in [0.15, 0.2) is 17.0 Å². The van der Waals surface area contributed by atoms with E-state index in [4.69, 9.17) is 11.6 Å². The molecule has 1 fully saturated rings. The number of hydrogen-bond donors (Lipinski definition) is 1. The molecule has 1 aliphatic rings. The minimum atomic E-state index is -3.97. The van der Waals surface area contributed by atoms with Gasteiger partial charge in [0, 0.05) is 52.5 Å². The van der Waals surface area contributed by atoms with Crippen LogP contribution >= 0.6 is 11.6 Å². The Bertz CT molecular complexity index is 657. The standard InChI is InChI=1S/C12H16ClFN2O3S2/c1-15-8-9-6-10(13)7-11(12(9)14)21(18,19)16-2-4-20(17)5-3-16/h6-7,15H,2-5,8H2,1H3. The predicted molar refractivity (Wildman–Crippen MR) is 80.8 cm³/mol. The molecule has 1 aromatic rings. The van der Waals surface area contributed by atoms with Gasteiger partial charge < -0.3 is 5.32 Å². The predicted octanol–water partition coefficient (Wildman–Crippen LogP) is 0.952. The van der Waals surface area contributed by atoms with Gasteiger partial charge in [-0.25, -0.2) is 12.8 Å². The molecule has 1 aliphatic heterocycles. The highest BCUT2D eigenvalue weighted by Crippen LogP contribution is 2.27. The highest BCUT2D eigenvalue weighted by molar-refractivity contribution is 7.89. The Morgan fingerprint density at radius 1 is 1.38 bits per heavy atom. The van der Waals surface area contributed by atoms with Crippen LogP contribution in [0.4, 0.5) is 4.39 Å². The van der Waals surface area contributed by atoms with Gasteiger partial charge in [0.25, 0.3) is 0 Å². The zero-order chi connectivity index (χ0) is 15.6. The van der Waals surface area contributed by atoms with Crippen molar-refractivity contribution in [3.05, 3.63) is 28.5 Å².